The van der Waals surface area contributed by atoms with Crippen LogP contribution in [0.2, 0.25) is 10.0 Å². The van der Waals surface area contributed by atoms with Crippen LogP contribution in [0.15, 0.2) is 18.2 Å². The van der Waals surface area contributed by atoms with Crippen molar-refractivity contribution in [2.45, 2.75) is 31.7 Å². The highest BCUT2D eigenvalue weighted by Crippen LogP contribution is 2.33. The van der Waals surface area contributed by atoms with Gasteiger partial charge in [-0.2, -0.15) is 0 Å². The predicted octanol–water partition coefficient (Wildman–Crippen LogP) is 3.08. The molecule has 0 bridgehead atoms. The summed E-state index contributed by atoms with van der Waals surface area (Å²) in [6.07, 6.45) is 1.69. The Kier molecular flexibility index (Phi) is 4.55. The number of carboxylic acids is 1. The minimum atomic E-state index is -0.984. The third-order valence-electron chi connectivity index (χ3n) is 3.49. The lowest BCUT2D eigenvalue weighted by Crippen LogP contribution is -2.44. The van der Waals surface area contributed by atoms with Crippen LogP contribution in [0, 0.1) is 5.92 Å². The molecule has 0 spiro atoms. The fraction of sp³-hybridized carbons (Fsp3) is 0.429. The van der Waals surface area contributed by atoms with Gasteiger partial charge in [-0.3, -0.25) is 4.79 Å². The summed E-state index contributed by atoms with van der Waals surface area (Å²) in [7, 11) is 0. The van der Waals surface area contributed by atoms with Gasteiger partial charge in [0.05, 0.1) is 16.0 Å². The normalized spacial score (nSPS) is 17.4. The fourth-order valence-corrected chi connectivity index (χ4v) is 2.33. The summed E-state index contributed by atoms with van der Waals surface area (Å²) in [6.45, 7) is 1.71. The first-order valence-electron chi connectivity index (χ1n) is 6.38. The van der Waals surface area contributed by atoms with Gasteiger partial charge in [0.25, 0.3) is 0 Å². The Morgan fingerprint density at radius 3 is 2.45 bits per heavy atom. The van der Waals surface area contributed by atoms with Crippen molar-refractivity contribution in [3.63, 3.8) is 0 Å². The van der Waals surface area contributed by atoms with Gasteiger partial charge in [-0.05, 0) is 43.4 Å². The van der Waals surface area contributed by atoms with E-state index in [1.54, 1.807) is 25.1 Å². The van der Waals surface area contributed by atoms with E-state index >= 15 is 0 Å². The molecule has 1 saturated carbocycles. The smallest absolute Gasteiger partial charge is 0.326 e. The van der Waals surface area contributed by atoms with Crippen LogP contribution < -0.4 is 5.32 Å². The monoisotopic (exact) mass is 315 g/mol. The summed E-state index contributed by atoms with van der Waals surface area (Å²) in [6, 6.07) is 4.16. The third kappa shape index (κ3) is 3.44. The van der Waals surface area contributed by atoms with E-state index in [2.05, 4.69) is 5.32 Å². The second-order valence-electron chi connectivity index (χ2n) is 5.06. The number of amides is 1. The molecular formula is C14H15Cl2NO3. The molecule has 0 heterocycles. The van der Waals surface area contributed by atoms with E-state index in [0.29, 0.717) is 15.6 Å². The standard InChI is InChI=1S/C14H15Cl2NO3/c1-7(9-4-5-10(15)11(16)6-9)13(18)17-12(14(19)20)8-2-3-8/h4-8,12H,2-3H2,1H3,(H,17,18)(H,19,20). The number of benzene rings is 1. The molecule has 0 saturated heterocycles. The quantitative estimate of drug-likeness (QED) is 0.877. The lowest BCUT2D eigenvalue weighted by atomic mass is 9.99. The molecule has 0 aliphatic heterocycles. The number of hydrogen-bond donors (Lipinski definition) is 2. The van der Waals surface area contributed by atoms with E-state index in [1.807, 2.05) is 0 Å². The lowest BCUT2D eigenvalue weighted by Gasteiger charge is -2.18. The molecule has 108 valence electrons. The van der Waals surface area contributed by atoms with Crippen molar-refractivity contribution in [1.82, 2.24) is 5.32 Å². The highest BCUT2D eigenvalue weighted by molar-refractivity contribution is 6.42. The molecule has 20 heavy (non-hydrogen) atoms. The van der Waals surface area contributed by atoms with Crippen LogP contribution in [0.3, 0.4) is 0 Å². The molecule has 2 N–H and O–H groups in total. The van der Waals surface area contributed by atoms with Crippen LogP contribution in [0.5, 0.6) is 0 Å². The largest absolute Gasteiger partial charge is 0.480 e. The maximum atomic E-state index is 12.1. The lowest BCUT2D eigenvalue weighted by molar-refractivity contribution is -0.142. The Bertz CT molecular complexity index is 543. The highest BCUT2D eigenvalue weighted by atomic mass is 35.5. The molecule has 4 nitrogen and oxygen atoms in total. The topological polar surface area (TPSA) is 66.4 Å². The van der Waals surface area contributed by atoms with Crippen LogP contribution in [-0.4, -0.2) is 23.0 Å². The molecule has 6 heteroatoms. The number of rotatable bonds is 5. The number of nitrogens with one attached hydrogen (secondary N) is 1. The van der Waals surface area contributed by atoms with Crippen molar-refractivity contribution >= 4 is 35.1 Å². The van der Waals surface area contributed by atoms with Gasteiger partial charge in [-0.15, -0.1) is 0 Å². The molecule has 1 fully saturated rings. The summed E-state index contributed by atoms with van der Waals surface area (Å²) in [5.74, 6) is -1.73. The minimum absolute atomic E-state index is 0.0532. The van der Waals surface area contributed by atoms with Crippen molar-refractivity contribution in [2.24, 2.45) is 5.92 Å². The predicted molar refractivity (Wildman–Crippen MR) is 77.2 cm³/mol. The molecule has 1 aromatic carbocycles. The Morgan fingerprint density at radius 2 is 1.95 bits per heavy atom. The van der Waals surface area contributed by atoms with Crippen LogP contribution in [0.25, 0.3) is 0 Å². The van der Waals surface area contributed by atoms with Crippen LogP contribution in [-0.2, 0) is 9.59 Å². The Labute approximate surface area is 127 Å². The van der Waals surface area contributed by atoms with Gasteiger partial charge in [0, 0.05) is 0 Å². The van der Waals surface area contributed by atoms with Gasteiger partial charge in [-0.1, -0.05) is 29.3 Å². The van der Waals surface area contributed by atoms with E-state index in [0.717, 1.165) is 12.8 Å². The summed E-state index contributed by atoms with van der Waals surface area (Å²) in [4.78, 5) is 23.3. The first-order chi connectivity index (χ1) is 9.40. The molecule has 2 atom stereocenters. The van der Waals surface area contributed by atoms with E-state index in [1.165, 1.54) is 0 Å². The summed E-state index contributed by atoms with van der Waals surface area (Å²) < 4.78 is 0. The summed E-state index contributed by atoms with van der Waals surface area (Å²) in [5, 5.41) is 12.5. The van der Waals surface area contributed by atoms with E-state index in [9.17, 15) is 9.59 Å². The van der Waals surface area contributed by atoms with Gasteiger partial charge in [0.1, 0.15) is 6.04 Å². The fourth-order valence-electron chi connectivity index (χ4n) is 2.02. The second-order valence-corrected chi connectivity index (χ2v) is 5.87. The van der Waals surface area contributed by atoms with E-state index < -0.39 is 17.9 Å². The third-order valence-corrected chi connectivity index (χ3v) is 4.23. The summed E-state index contributed by atoms with van der Waals surface area (Å²) in [5.41, 5.74) is 0.705. The van der Waals surface area contributed by atoms with Gasteiger partial charge in [0.2, 0.25) is 5.91 Å². The minimum Gasteiger partial charge on any atom is -0.480 e. The SMILES string of the molecule is CC(C(=O)NC(C(=O)O)C1CC1)c1ccc(Cl)c(Cl)c1. The van der Waals surface area contributed by atoms with Crippen LogP contribution in [0.4, 0.5) is 0 Å². The number of hydrogen-bond acceptors (Lipinski definition) is 2. The number of carbonyl (C=O) groups excluding carboxylic acids is 1. The van der Waals surface area contributed by atoms with Crippen molar-refractivity contribution in [3.05, 3.63) is 33.8 Å². The molecule has 2 unspecified atom stereocenters. The molecular weight excluding hydrogens is 301 g/mol. The number of aliphatic carboxylic acids is 1. The molecule has 2 rings (SSSR count). The molecule has 0 radical (unpaired) electrons. The average Bonchev–Trinajstić information content (AvgIpc) is 3.22. The van der Waals surface area contributed by atoms with Gasteiger partial charge >= 0.3 is 5.97 Å². The Balaban J connectivity index is 2.07. The first-order valence-corrected chi connectivity index (χ1v) is 7.14. The van der Waals surface area contributed by atoms with Crippen molar-refractivity contribution in [1.29, 1.82) is 0 Å². The van der Waals surface area contributed by atoms with Crippen LogP contribution in [0.1, 0.15) is 31.2 Å². The maximum Gasteiger partial charge on any atom is 0.326 e. The van der Waals surface area contributed by atoms with Gasteiger partial charge in [0.15, 0.2) is 0 Å². The first kappa shape index (κ1) is 15.1. The van der Waals surface area contributed by atoms with Crippen LogP contribution >= 0.6 is 23.2 Å². The zero-order valence-corrected chi connectivity index (χ0v) is 12.4. The second kappa shape index (κ2) is 6.02. The number of halogens is 2. The summed E-state index contributed by atoms with van der Waals surface area (Å²) >= 11 is 11.8. The Morgan fingerprint density at radius 1 is 1.30 bits per heavy atom. The highest BCUT2D eigenvalue weighted by Gasteiger charge is 2.37. The molecule has 0 aromatic heterocycles. The van der Waals surface area contributed by atoms with E-state index in [-0.39, 0.29) is 11.8 Å². The zero-order valence-electron chi connectivity index (χ0n) is 10.9. The van der Waals surface area contributed by atoms with E-state index in [4.69, 9.17) is 28.3 Å². The zero-order chi connectivity index (χ0) is 14.9. The Hall–Kier alpha value is -1.26. The molecule has 1 aliphatic carbocycles. The number of carbonyl (C=O) groups is 2. The molecule has 1 amide bonds. The van der Waals surface area contributed by atoms with Crippen molar-refractivity contribution < 1.29 is 14.7 Å². The van der Waals surface area contributed by atoms with Gasteiger partial charge in [-0.25, -0.2) is 4.79 Å². The van der Waals surface area contributed by atoms with Crippen molar-refractivity contribution in [2.75, 3.05) is 0 Å². The average molecular weight is 316 g/mol. The van der Waals surface area contributed by atoms with Crippen molar-refractivity contribution in [3.8, 4) is 0 Å². The molecule has 1 aromatic rings. The maximum absolute atomic E-state index is 12.1. The molecule has 1 aliphatic rings. The number of carboxylic acid groups (broad SMARTS) is 1. The van der Waals surface area contributed by atoms with Gasteiger partial charge < -0.3 is 10.4 Å².